The number of hydrogen-bond acceptors (Lipinski definition) is 6. The molecule has 0 aliphatic carbocycles. The maximum atomic E-state index is 11.3. The minimum absolute atomic E-state index is 0.226. The molecule has 1 aromatic heterocycles. The highest BCUT2D eigenvalue weighted by Gasteiger charge is 2.18. The van der Waals surface area contributed by atoms with Gasteiger partial charge in [0.1, 0.15) is 0 Å². The first-order valence-corrected chi connectivity index (χ1v) is 6.57. The summed E-state index contributed by atoms with van der Waals surface area (Å²) < 4.78 is 4.60. The van der Waals surface area contributed by atoms with Crippen LogP contribution >= 0.6 is 0 Å². The number of terminal acetylenes is 1. The van der Waals surface area contributed by atoms with E-state index in [0.29, 0.717) is 0 Å². The van der Waals surface area contributed by atoms with Crippen molar-refractivity contribution in [1.82, 2.24) is 15.1 Å². The molecule has 0 spiro atoms. The fraction of sp³-hybridized carbons (Fsp3) is 0.500. The molecule has 0 atom stereocenters. The Bertz CT molecular complexity index is 487. The second kappa shape index (κ2) is 6.87. The number of ether oxygens (including phenoxy) is 1. The van der Waals surface area contributed by atoms with Crippen LogP contribution in [0.15, 0.2) is 12.1 Å². The summed E-state index contributed by atoms with van der Waals surface area (Å²) in [7, 11) is 1.33. The van der Waals surface area contributed by atoms with Gasteiger partial charge in [0.05, 0.1) is 7.11 Å². The van der Waals surface area contributed by atoms with Gasteiger partial charge in [0.2, 0.25) is 0 Å². The number of esters is 1. The van der Waals surface area contributed by atoms with Crippen molar-refractivity contribution in [3.05, 3.63) is 17.8 Å². The largest absolute Gasteiger partial charge is 0.464 e. The van der Waals surface area contributed by atoms with Crippen LogP contribution in [0.3, 0.4) is 0 Å². The smallest absolute Gasteiger partial charge is 0.358 e. The number of carbonyl (C=O) groups is 1. The third-order valence-corrected chi connectivity index (χ3v) is 3.31. The van der Waals surface area contributed by atoms with Crippen molar-refractivity contribution in [1.29, 1.82) is 0 Å². The Hall–Kier alpha value is -2.13. The van der Waals surface area contributed by atoms with Gasteiger partial charge in [0.25, 0.3) is 0 Å². The minimum atomic E-state index is -0.469. The second-order valence-electron chi connectivity index (χ2n) is 4.55. The quantitative estimate of drug-likeness (QED) is 0.585. The SMILES string of the molecule is C#CCCN1CCN(c2ccc(C(=O)OC)nn2)CC1. The Morgan fingerprint density at radius 2 is 2.10 bits per heavy atom. The van der Waals surface area contributed by atoms with E-state index in [1.54, 1.807) is 12.1 Å². The molecule has 6 nitrogen and oxygen atoms in total. The Balaban J connectivity index is 1.90. The van der Waals surface area contributed by atoms with Gasteiger partial charge < -0.3 is 9.64 Å². The highest BCUT2D eigenvalue weighted by atomic mass is 16.5. The third kappa shape index (κ3) is 3.45. The van der Waals surface area contributed by atoms with Crippen molar-refractivity contribution in [2.75, 3.05) is 44.7 Å². The summed E-state index contributed by atoms with van der Waals surface area (Å²) in [4.78, 5) is 15.8. The molecular formula is C14H18N4O2. The summed E-state index contributed by atoms with van der Waals surface area (Å²) >= 11 is 0. The van der Waals surface area contributed by atoms with Crippen LogP contribution in [-0.4, -0.2) is 60.9 Å². The molecule has 1 aromatic rings. The zero-order valence-corrected chi connectivity index (χ0v) is 11.6. The normalized spacial score (nSPS) is 15.7. The Morgan fingerprint density at radius 3 is 2.65 bits per heavy atom. The van der Waals surface area contributed by atoms with Crippen LogP contribution in [0.2, 0.25) is 0 Å². The molecular weight excluding hydrogens is 256 g/mol. The van der Waals surface area contributed by atoms with Crippen molar-refractivity contribution < 1.29 is 9.53 Å². The maximum absolute atomic E-state index is 11.3. The summed E-state index contributed by atoms with van der Waals surface area (Å²) in [6.45, 7) is 4.63. The van der Waals surface area contributed by atoms with E-state index in [1.165, 1.54) is 7.11 Å². The Labute approximate surface area is 118 Å². The van der Waals surface area contributed by atoms with Gasteiger partial charge in [-0.15, -0.1) is 22.5 Å². The van der Waals surface area contributed by atoms with Gasteiger partial charge in [-0.2, -0.15) is 0 Å². The molecule has 106 valence electrons. The van der Waals surface area contributed by atoms with Gasteiger partial charge in [-0.05, 0) is 12.1 Å². The van der Waals surface area contributed by atoms with Crippen LogP contribution < -0.4 is 4.90 Å². The molecule has 0 bridgehead atoms. The number of nitrogens with zero attached hydrogens (tertiary/aromatic N) is 4. The van der Waals surface area contributed by atoms with Gasteiger partial charge in [0.15, 0.2) is 11.5 Å². The number of carbonyl (C=O) groups excluding carboxylic acids is 1. The van der Waals surface area contributed by atoms with Crippen LogP contribution in [0, 0.1) is 12.3 Å². The maximum Gasteiger partial charge on any atom is 0.358 e. The first-order valence-electron chi connectivity index (χ1n) is 6.57. The molecule has 0 aromatic carbocycles. The van der Waals surface area contributed by atoms with E-state index >= 15 is 0 Å². The minimum Gasteiger partial charge on any atom is -0.464 e. The van der Waals surface area contributed by atoms with Gasteiger partial charge >= 0.3 is 5.97 Å². The first kappa shape index (κ1) is 14.3. The molecule has 20 heavy (non-hydrogen) atoms. The number of anilines is 1. The molecule has 0 radical (unpaired) electrons. The lowest BCUT2D eigenvalue weighted by atomic mass is 10.3. The average Bonchev–Trinajstić information content (AvgIpc) is 2.53. The van der Waals surface area contributed by atoms with Crippen LogP contribution in [-0.2, 0) is 4.74 Å². The van der Waals surface area contributed by atoms with Crippen molar-refractivity contribution >= 4 is 11.8 Å². The summed E-state index contributed by atoms with van der Waals surface area (Å²) in [5, 5.41) is 7.97. The second-order valence-corrected chi connectivity index (χ2v) is 4.55. The standard InChI is InChI=1S/C14H18N4O2/c1-3-4-7-17-8-10-18(11-9-17)13-6-5-12(15-16-13)14(19)20-2/h1,5-6H,4,7-11H2,2H3. The lowest BCUT2D eigenvalue weighted by Crippen LogP contribution is -2.46. The fourth-order valence-corrected chi connectivity index (χ4v) is 2.13. The molecule has 0 saturated carbocycles. The van der Waals surface area contributed by atoms with Crippen molar-refractivity contribution in [3.63, 3.8) is 0 Å². The van der Waals surface area contributed by atoms with Crippen LogP contribution in [0.1, 0.15) is 16.9 Å². The van der Waals surface area contributed by atoms with E-state index < -0.39 is 5.97 Å². The molecule has 1 aliphatic heterocycles. The van der Waals surface area contributed by atoms with Gasteiger partial charge in [-0.25, -0.2) is 4.79 Å². The van der Waals surface area contributed by atoms with E-state index in [9.17, 15) is 4.79 Å². The average molecular weight is 274 g/mol. The first-order chi connectivity index (χ1) is 9.74. The predicted molar refractivity (Wildman–Crippen MR) is 75.5 cm³/mol. The summed E-state index contributed by atoms with van der Waals surface area (Å²) in [5.41, 5.74) is 0.226. The number of piperazine rings is 1. The van der Waals surface area contributed by atoms with E-state index in [0.717, 1.165) is 45.0 Å². The summed E-state index contributed by atoms with van der Waals surface area (Å²) in [6, 6.07) is 3.44. The lowest BCUT2D eigenvalue weighted by molar-refractivity contribution is 0.0592. The molecule has 0 amide bonds. The number of rotatable bonds is 4. The fourth-order valence-electron chi connectivity index (χ4n) is 2.13. The molecule has 1 aliphatic rings. The highest BCUT2D eigenvalue weighted by molar-refractivity contribution is 5.86. The monoisotopic (exact) mass is 274 g/mol. The molecule has 1 fully saturated rings. The Kier molecular flexibility index (Phi) is 4.91. The molecule has 2 rings (SSSR count). The highest BCUT2D eigenvalue weighted by Crippen LogP contribution is 2.13. The van der Waals surface area contributed by atoms with Gasteiger partial charge in [-0.3, -0.25) is 4.90 Å². The molecule has 2 heterocycles. The molecule has 0 unspecified atom stereocenters. The van der Waals surface area contributed by atoms with Crippen molar-refractivity contribution in [2.24, 2.45) is 0 Å². The van der Waals surface area contributed by atoms with Crippen molar-refractivity contribution in [2.45, 2.75) is 6.42 Å². The Morgan fingerprint density at radius 1 is 1.35 bits per heavy atom. The summed E-state index contributed by atoms with van der Waals surface area (Å²) in [6.07, 6.45) is 6.06. The number of methoxy groups -OCH3 is 1. The molecule has 6 heteroatoms. The zero-order valence-electron chi connectivity index (χ0n) is 11.6. The van der Waals surface area contributed by atoms with E-state index in [-0.39, 0.29) is 5.69 Å². The predicted octanol–water partition coefficient (Wildman–Crippen LogP) is 0.408. The van der Waals surface area contributed by atoms with E-state index in [2.05, 4.69) is 30.7 Å². The summed E-state index contributed by atoms with van der Waals surface area (Å²) in [5.74, 6) is 2.98. The van der Waals surface area contributed by atoms with E-state index in [1.807, 2.05) is 0 Å². The van der Waals surface area contributed by atoms with Gasteiger partial charge in [-0.1, -0.05) is 0 Å². The van der Waals surface area contributed by atoms with Crippen LogP contribution in [0.4, 0.5) is 5.82 Å². The van der Waals surface area contributed by atoms with Crippen LogP contribution in [0.25, 0.3) is 0 Å². The third-order valence-electron chi connectivity index (χ3n) is 3.31. The topological polar surface area (TPSA) is 58.6 Å². The molecule has 0 N–H and O–H groups in total. The van der Waals surface area contributed by atoms with E-state index in [4.69, 9.17) is 6.42 Å². The van der Waals surface area contributed by atoms with Gasteiger partial charge in [0, 0.05) is 39.1 Å². The van der Waals surface area contributed by atoms with Crippen LogP contribution in [0.5, 0.6) is 0 Å². The van der Waals surface area contributed by atoms with Crippen molar-refractivity contribution in [3.8, 4) is 12.3 Å². The lowest BCUT2D eigenvalue weighted by Gasteiger charge is -2.34. The zero-order chi connectivity index (χ0) is 14.4. The molecule has 1 saturated heterocycles. The number of hydrogen-bond donors (Lipinski definition) is 0. The number of aromatic nitrogens is 2.